The second kappa shape index (κ2) is 21.8. The topological polar surface area (TPSA) is 63.1 Å². The highest BCUT2D eigenvalue weighted by Gasteiger charge is 2.42. The van der Waals surface area contributed by atoms with E-state index < -0.39 is 0 Å². The fraction of sp³-hybridized carbons (Fsp3) is 0.511. The van der Waals surface area contributed by atoms with E-state index in [1.807, 2.05) is 60.6 Å². The number of nitrogens with zero attached hydrogens (tertiary/aromatic N) is 3. The molecule has 0 amide bonds. The van der Waals surface area contributed by atoms with Crippen LogP contribution in [0.2, 0.25) is 0 Å². The molecule has 2 saturated carbocycles. The molecule has 4 atom stereocenters. The molecule has 1 aliphatic heterocycles. The second-order valence-corrected chi connectivity index (χ2v) is 15.3. The van der Waals surface area contributed by atoms with Crippen molar-refractivity contribution in [3.05, 3.63) is 99.1 Å². The molecule has 0 saturated heterocycles. The third kappa shape index (κ3) is 11.7. The zero-order chi connectivity index (χ0) is 38.2. The first-order chi connectivity index (χ1) is 25.1. The van der Waals surface area contributed by atoms with Gasteiger partial charge in [-0.3, -0.25) is 15.0 Å². The number of thioether (sulfide) groups is 1. The van der Waals surface area contributed by atoms with Crippen molar-refractivity contribution in [1.29, 1.82) is 0 Å². The van der Waals surface area contributed by atoms with Gasteiger partial charge in [0.25, 0.3) is 0 Å². The van der Waals surface area contributed by atoms with Gasteiger partial charge in [0.05, 0.1) is 6.54 Å². The van der Waals surface area contributed by atoms with Crippen LogP contribution in [-0.2, 0) is 6.42 Å². The van der Waals surface area contributed by atoms with Gasteiger partial charge in [-0.1, -0.05) is 82.9 Å². The Kier molecular flexibility index (Phi) is 17.9. The summed E-state index contributed by atoms with van der Waals surface area (Å²) in [6.07, 6.45) is 18.2. The maximum atomic E-state index is 6.38. The Balaban J connectivity index is 0.000000269. The minimum atomic E-state index is 0.741. The molecule has 1 aromatic rings. The first-order valence-electron chi connectivity index (χ1n) is 19.7. The summed E-state index contributed by atoms with van der Waals surface area (Å²) >= 11 is 2.15. The number of aliphatic imine (C=N–C) groups is 3. The van der Waals surface area contributed by atoms with Gasteiger partial charge in [-0.15, -0.1) is 0 Å². The van der Waals surface area contributed by atoms with Crippen LogP contribution < -0.4 is 5.73 Å². The van der Waals surface area contributed by atoms with Gasteiger partial charge in [-0.25, -0.2) is 0 Å². The van der Waals surface area contributed by atoms with E-state index in [-0.39, 0.29) is 0 Å². The van der Waals surface area contributed by atoms with Crippen molar-refractivity contribution in [1.82, 2.24) is 0 Å². The molecule has 0 bridgehead atoms. The molecule has 52 heavy (non-hydrogen) atoms. The fourth-order valence-electron chi connectivity index (χ4n) is 7.46. The number of benzene rings is 1. The maximum Gasteiger partial charge on any atom is 0.0652 e. The van der Waals surface area contributed by atoms with Crippen molar-refractivity contribution in [3.8, 4) is 11.8 Å². The summed E-state index contributed by atoms with van der Waals surface area (Å²) in [5, 5.41) is 0. The van der Waals surface area contributed by atoms with Gasteiger partial charge in [-0.2, -0.15) is 11.8 Å². The molecule has 1 aromatic carbocycles. The van der Waals surface area contributed by atoms with Crippen molar-refractivity contribution in [2.45, 2.75) is 120 Å². The van der Waals surface area contributed by atoms with Gasteiger partial charge in [0.1, 0.15) is 0 Å². The molecule has 1 heterocycles. The Bertz CT molecular complexity index is 1710. The summed E-state index contributed by atoms with van der Waals surface area (Å²) in [7, 11) is 0. The third-order valence-electron chi connectivity index (χ3n) is 10.8. The highest BCUT2D eigenvalue weighted by molar-refractivity contribution is 7.99. The second-order valence-electron chi connectivity index (χ2n) is 14.3. The Morgan fingerprint density at radius 2 is 1.85 bits per heavy atom. The smallest absolute Gasteiger partial charge is 0.0652 e. The number of allylic oxidation sites excluding steroid dienone is 6. The summed E-state index contributed by atoms with van der Waals surface area (Å²) in [5.41, 5.74) is 20.7. The Labute approximate surface area is 321 Å². The lowest BCUT2D eigenvalue weighted by Gasteiger charge is -2.17. The molecule has 280 valence electrons. The van der Waals surface area contributed by atoms with Crippen LogP contribution >= 0.6 is 11.8 Å². The normalized spacial score (nSPS) is 23.3. The van der Waals surface area contributed by atoms with Gasteiger partial charge < -0.3 is 5.73 Å². The van der Waals surface area contributed by atoms with Crippen molar-refractivity contribution in [3.63, 3.8) is 0 Å². The molecule has 0 aromatic heterocycles. The number of rotatable bonds is 11. The first kappa shape index (κ1) is 42.8. The van der Waals surface area contributed by atoms with E-state index in [2.05, 4.69) is 79.1 Å². The SMILES string of the molecule is C=CN=C/C(C#CC(=C/C)/C(C(N)=C(C)CC)=C(\C)N=CC)=C\C.CC.CC1=NCC(c2ccc3c(c2)CCC2CC32)=C1CSCC1CCC(C)C1. The number of nitrogens with two attached hydrogens (primary N) is 1. The molecule has 2 N–H and O–H groups in total. The zero-order valence-electron chi connectivity index (χ0n) is 34.0. The molecule has 5 rings (SSSR count). The molecular formula is C47H66N4S. The summed E-state index contributed by atoms with van der Waals surface area (Å²) < 4.78 is 0. The predicted octanol–water partition coefficient (Wildman–Crippen LogP) is 12.3. The van der Waals surface area contributed by atoms with Crippen LogP contribution in [0.25, 0.3) is 5.57 Å². The lowest BCUT2D eigenvalue weighted by atomic mass is 9.88. The lowest BCUT2D eigenvalue weighted by Crippen LogP contribution is -2.08. The summed E-state index contributed by atoms with van der Waals surface area (Å²) in [4.78, 5) is 13.2. The molecular weight excluding hydrogens is 653 g/mol. The summed E-state index contributed by atoms with van der Waals surface area (Å²) in [6.45, 7) is 24.9. The summed E-state index contributed by atoms with van der Waals surface area (Å²) in [5.74, 6) is 12.6. The molecule has 3 aliphatic carbocycles. The van der Waals surface area contributed by atoms with Crippen molar-refractivity contribution in [2.75, 3.05) is 18.1 Å². The van der Waals surface area contributed by atoms with Gasteiger partial charge in [0.2, 0.25) is 0 Å². The Hall–Kier alpha value is -3.62. The average molecular weight is 719 g/mol. The van der Waals surface area contributed by atoms with E-state index in [9.17, 15) is 0 Å². The molecule has 2 fully saturated rings. The number of hydrogen-bond acceptors (Lipinski definition) is 5. The van der Waals surface area contributed by atoms with Crippen LogP contribution in [0.3, 0.4) is 0 Å². The Morgan fingerprint density at radius 1 is 1.08 bits per heavy atom. The third-order valence-corrected chi connectivity index (χ3v) is 12.0. The van der Waals surface area contributed by atoms with E-state index in [0.29, 0.717) is 0 Å². The highest BCUT2D eigenvalue weighted by atomic mass is 32.2. The first-order valence-corrected chi connectivity index (χ1v) is 20.9. The van der Waals surface area contributed by atoms with Crippen molar-refractivity contribution >= 4 is 35.5 Å². The highest BCUT2D eigenvalue weighted by Crippen LogP contribution is 2.54. The van der Waals surface area contributed by atoms with Crippen molar-refractivity contribution < 1.29 is 0 Å². The van der Waals surface area contributed by atoms with E-state index in [1.54, 1.807) is 23.6 Å². The minimum absolute atomic E-state index is 0.741. The van der Waals surface area contributed by atoms with Gasteiger partial charge in [0, 0.05) is 58.2 Å². The molecule has 4 nitrogen and oxygen atoms in total. The maximum absolute atomic E-state index is 6.38. The largest absolute Gasteiger partial charge is 0.398 e. The quantitative estimate of drug-likeness (QED) is 0.141. The van der Waals surface area contributed by atoms with Gasteiger partial charge in [-0.05, 0) is 143 Å². The molecule has 4 aliphatic rings. The number of fused-ring (bicyclic) bond motifs is 3. The van der Waals surface area contributed by atoms with Crippen LogP contribution in [-0.4, -0.2) is 36.2 Å². The lowest BCUT2D eigenvalue weighted by molar-refractivity contribution is 0.561. The molecule has 0 radical (unpaired) electrons. The van der Waals surface area contributed by atoms with Gasteiger partial charge in [0.15, 0.2) is 0 Å². The van der Waals surface area contributed by atoms with Crippen LogP contribution in [0.4, 0.5) is 0 Å². The fourth-order valence-corrected chi connectivity index (χ4v) is 8.80. The molecule has 5 heteroatoms. The van der Waals surface area contributed by atoms with Crippen LogP contribution in [0.1, 0.15) is 130 Å². The molecule has 0 spiro atoms. The standard InChI is InChI=1S/C24H31NS.C21H29N3.C2H6/c1-15-3-4-17(9-15)13-26-14-24-16(2)25-12-23(24)19-7-8-21-18(10-19)5-6-20-11-22(20)21;1-8-16(6)21(22)20(17(7)24-12-5)19(10-3)14-13-18(9-2)15-23-11-4;1-2/h7-8,10,15,17,20,22H,3-6,9,11-14H2,1-2H3;9-12,15H,4,8,22H2,1-3,5-7H3;1-2H3/b;18-9-,19-10-,20-17-,21-16?,23-15?,24-12?;. The Morgan fingerprint density at radius 3 is 2.48 bits per heavy atom. The zero-order valence-corrected chi connectivity index (χ0v) is 34.9. The van der Waals surface area contributed by atoms with Crippen LogP contribution in [0.15, 0.2) is 97.4 Å². The molecule has 4 unspecified atom stereocenters. The van der Waals surface area contributed by atoms with E-state index in [4.69, 9.17) is 10.7 Å². The van der Waals surface area contributed by atoms with E-state index in [0.717, 1.165) is 76.1 Å². The monoisotopic (exact) mass is 719 g/mol. The van der Waals surface area contributed by atoms with Crippen LogP contribution in [0, 0.1) is 29.6 Å². The minimum Gasteiger partial charge on any atom is -0.398 e. The number of hydrogen-bond donors (Lipinski definition) is 1. The van der Waals surface area contributed by atoms with E-state index in [1.165, 1.54) is 72.9 Å². The summed E-state index contributed by atoms with van der Waals surface area (Å²) in [6, 6.07) is 7.35. The van der Waals surface area contributed by atoms with Crippen LogP contribution in [0.5, 0.6) is 0 Å². The van der Waals surface area contributed by atoms with Crippen molar-refractivity contribution in [2.24, 2.45) is 38.5 Å². The number of aryl methyl sites for hydroxylation is 1. The average Bonchev–Trinajstić information content (AvgIpc) is 3.72. The van der Waals surface area contributed by atoms with Gasteiger partial charge >= 0.3 is 0 Å². The van der Waals surface area contributed by atoms with E-state index >= 15 is 0 Å². The predicted molar refractivity (Wildman–Crippen MR) is 234 cm³/mol.